The summed E-state index contributed by atoms with van der Waals surface area (Å²) in [5, 5.41) is 16.8. The number of carboxylic acid groups (broad SMARTS) is 1. The third kappa shape index (κ3) is 5.82. The van der Waals surface area contributed by atoms with Crippen molar-refractivity contribution >= 4 is 5.97 Å². The van der Waals surface area contributed by atoms with E-state index in [0.717, 1.165) is 19.3 Å². The van der Waals surface area contributed by atoms with Crippen LogP contribution in [0.15, 0.2) is 0 Å². The van der Waals surface area contributed by atoms with Crippen LogP contribution in [-0.4, -0.2) is 28.8 Å². The molecule has 0 radical (unpaired) electrons. The van der Waals surface area contributed by atoms with Gasteiger partial charge in [0, 0.05) is 6.61 Å². The molecule has 4 heteroatoms. The molecule has 4 N–H and O–H groups in total. The van der Waals surface area contributed by atoms with Gasteiger partial charge in [-0.05, 0) is 12.8 Å². The van der Waals surface area contributed by atoms with Gasteiger partial charge in [-0.1, -0.05) is 12.8 Å². The van der Waals surface area contributed by atoms with Crippen molar-refractivity contribution < 1.29 is 15.0 Å². The van der Waals surface area contributed by atoms with E-state index >= 15 is 0 Å². The van der Waals surface area contributed by atoms with Gasteiger partial charge in [0.2, 0.25) is 0 Å². The van der Waals surface area contributed by atoms with Crippen molar-refractivity contribution in [1.29, 1.82) is 0 Å². The van der Waals surface area contributed by atoms with Crippen molar-refractivity contribution in [3.05, 3.63) is 0 Å². The third-order valence-corrected chi connectivity index (χ3v) is 1.49. The molecule has 0 amide bonds. The average Bonchev–Trinajstić information content (AvgIpc) is 1.97. The highest BCUT2D eigenvalue weighted by Crippen LogP contribution is 2.01. The Morgan fingerprint density at radius 1 is 1.36 bits per heavy atom. The largest absolute Gasteiger partial charge is 0.480 e. The van der Waals surface area contributed by atoms with Crippen LogP contribution in [0.1, 0.15) is 25.7 Å². The maximum Gasteiger partial charge on any atom is 0.320 e. The number of carbonyl (C=O) groups is 1. The van der Waals surface area contributed by atoms with Crippen LogP contribution in [0.25, 0.3) is 0 Å². The second-order valence-electron chi connectivity index (χ2n) is 2.52. The molecule has 1 unspecified atom stereocenters. The van der Waals surface area contributed by atoms with Crippen molar-refractivity contribution in [1.82, 2.24) is 0 Å². The summed E-state index contributed by atoms with van der Waals surface area (Å²) in [5.41, 5.74) is 5.24. The minimum Gasteiger partial charge on any atom is -0.480 e. The van der Waals surface area contributed by atoms with Crippen LogP contribution in [0.3, 0.4) is 0 Å². The van der Waals surface area contributed by atoms with Gasteiger partial charge in [0.05, 0.1) is 0 Å². The van der Waals surface area contributed by atoms with Gasteiger partial charge in [0.25, 0.3) is 0 Å². The van der Waals surface area contributed by atoms with Crippen molar-refractivity contribution in [2.24, 2.45) is 5.73 Å². The van der Waals surface area contributed by atoms with Crippen LogP contribution in [0.4, 0.5) is 0 Å². The molecule has 0 aliphatic rings. The minimum atomic E-state index is -0.950. The first-order valence-electron chi connectivity index (χ1n) is 3.77. The lowest BCUT2D eigenvalue weighted by Crippen LogP contribution is -2.29. The molecule has 0 rings (SSSR count). The van der Waals surface area contributed by atoms with Gasteiger partial charge in [0.1, 0.15) is 6.04 Å². The summed E-state index contributed by atoms with van der Waals surface area (Å²) < 4.78 is 0. The van der Waals surface area contributed by atoms with E-state index in [4.69, 9.17) is 15.9 Å². The SMILES string of the molecule is NC(CCCCCO)C(=O)O. The first-order valence-corrected chi connectivity index (χ1v) is 3.77. The molecule has 0 aromatic heterocycles. The lowest BCUT2D eigenvalue weighted by molar-refractivity contribution is -0.138. The smallest absolute Gasteiger partial charge is 0.320 e. The fraction of sp³-hybridized carbons (Fsp3) is 0.857. The van der Waals surface area contributed by atoms with Gasteiger partial charge in [-0.25, -0.2) is 0 Å². The fourth-order valence-corrected chi connectivity index (χ4v) is 0.776. The van der Waals surface area contributed by atoms with Gasteiger partial charge >= 0.3 is 5.97 Å². The Hall–Kier alpha value is -0.610. The highest BCUT2D eigenvalue weighted by atomic mass is 16.4. The van der Waals surface area contributed by atoms with Crippen LogP contribution in [-0.2, 0) is 4.79 Å². The highest BCUT2D eigenvalue weighted by Gasteiger charge is 2.09. The van der Waals surface area contributed by atoms with E-state index in [1.54, 1.807) is 0 Å². The van der Waals surface area contributed by atoms with Crippen molar-refractivity contribution in [2.45, 2.75) is 31.7 Å². The molecule has 0 heterocycles. The molecule has 11 heavy (non-hydrogen) atoms. The van der Waals surface area contributed by atoms with E-state index in [1.807, 2.05) is 0 Å². The van der Waals surface area contributed by atoms with Crippen LogP contribution in [0.2, 0.25) is 0 Å². The number of hydrogen-bond donors (Lipinski definition) is 3. The number of nitrogens with two attached hydrogens (primary N) is 1. The summed E-state index contributed by atoms with van der Waals surface area (Å²) >= 11 is 0. The molecule has 0 aromatic carbocycles. The monoisotopic (exact) mass is 161 g/mol. The van der Waals surface area contributed by atoms with Gasteiger partial charge in [-0.15, -0.1) is 0 Å². The predicted molar refractivity (Wildman–Crippen MR) is 41.2 cm³/mol. The summed E-state index contributed by atoms with van der Waals surface area (Å²) in [4.78, 5) is 10.2. The first-order chi connectivity index (χ1) is 5.18. The Bertz CT molecular complexity index is 116. The zero-order valence-corrected chi connectivity index (χ0v) is 6.49. The number of aliphatic carboxylic acids is 1. The maximum absolute atomic E-state index is 10.2. The molecule has 4 nitrogen and oxygen atoms in total. The average molecular weight is 161 g/mol. The van der Waals surface area contributed by atoms with Crippen LogP contribution >= 0.6 is 0 Å². The summed E-state index contributed by atoms with van der Waals surface area (Å²) in [6.45, 7) is 0.169. The Morgan fingerprint density at radius 2 is 2.00 bits per heavy atom. The fourth-order valence-electron chi connectivity index (χ4n) is 0.776. The predicted octanol–water partition coefficient (Wildman–Crippen LogP) is -0.0490. The van der Waals surface area contributed by atoms with Gasteiger partial charge in [-0.2, -0.15) is 0 Å². The Kier molecular flexibility index (Phi) is 5.78. The van der Waals surface area contributed by atoms with E-state index in [1.165, 1.54) is 0 Å². The van der Waals surface area contributed by atoms with Crippen LogP contribution in [0, 0.1) is 0 Å². The lowest BCUT2D eigenvalue weighted by atomic mass is 10.1. The molecule has 0 aromatic rings. The second kappa shape index (κ2) is 6.12. The number of unbranched alkanes of at least 4 members (excludes halogenated alkanes) is 2. The van der Waals surface area contributed by atoms with E-state index in [9.17, 15) is 4.79 Å². The van der Waals surface area contributed by atoms with Crippen molar-refractivity contribution in [2.75, 3.05) is 6.61 Å². The summed E-state index contributed by atoms with van der Waals surface area (Å²) in [6.07, 6.45) is 2.84. The highest BCUT2D eigenvalue weighted by molar-refractivity contribution is 5.72. The second-order valence-corrected chi connectivity index (χ2v) is 2.52. The Morgan fingerprint density at radius 3 is 2.45 bits per heavy atom. The Labute approximate surface area is 66.0 Å². The summed E-state index contributed by atoms with van der Waals surface area (Å²) in [6, 6.07) is -0.742. The van der Waals surface area contributed by atoms with E-state index < -0.39 is 12.0 Å². The first kappa shape index (κ1) is 10.4. The molecule has 66 valence electrons. The summed E-state index contributed by atoms with van der Waals surface area (Å²) in [7, 11) is 0. The van der Waals surface area contributed by atoms with Gasteiger partial charge in [0.15, 0.2) is 0 Å². The molecular formula is C7H15NO3. The van der Waals surface area contributed by atoms with E-state index in [-0.39, 0.29) is 6.61 Å². The van der Waals surface area contributed by atoms with Crippen LogP contribution < -0.4 is 5.73 Å². The van der Waals surface area contributed by atoms with E-state index in [0.29, 0.717) is 6.42 Å². The molecule has 0 bridgehead atoms. The molecule has 0 saturated carbocycles. The van der Waals surface area contributed by atoms with Crippen molar-refractivity contribution in [3.8, 4) is 0 Å². The number of aliphatic hydroxyl groups excluding tert-OH is 1. The van der Waals surface area contributed by atoms with Crippen molar-refractivity contribution in [3.63, 3.8) is 0 Å². The molecule has 0 aliphatic heterocycles. The number of aliphatic hydroxyl groups is 1. The lowest BCUT2D eigenvalue weighted by Gasteiger charge is -2.04. The number of carboxylic acids is 1. The topological polar surface area (TPSA) is 83.5 Å². The zero-order valence-electron chi connectivity index (χ0n) is 6.49. The molecule has 0 aliphatic carbocycles. The molecule has 1 atom stereocenters. The summed E-state index contributed by atoms with van der Waals surface area (Å²) in [5.74, 6) is -0.950. The normalized spacial score (nSPS) is 12.9. The third-order valence-electron chi connectivity index (χ3n) is 1.49. The van der Waals surface area contributed by atoms with E-state index in [2.05, 4.69) is 0 Å². The molecule has 0 spiro atoms. The standard InChI is InChI=1S/C7H15NO3/c8-6(7(10)11)4-2-1-3-5-9/h6,9H,1-5,8H2,(H,10,11). The molecular weight excluding hydrogens is 146 g/mol. The zero-order chi connectivity index (χ0) is 8.69. The van der Waals surface area contributed by atoms with Crippen LogP contribution in [0.5, 0.6) is 0 Å². The maximum atomic E-state index is 10.2. The molecule has 0 saturated heterocycles. The minimum absolute atomic E-state index is 0.169. The van der Waals surface area contributed by atoms with Gasteiger partial charge < -0.3 is 15.9 Å². The van der Waals surface area contributed by atoms with Gasteiger partial charge in [-0.3, -0.25) is 4.79 Å². The quantitative estimate of drug-likeness (QED) is 0.477. The number of rotatable bonds is 6. The molecule has 0 fully saturated rings. The number of hydrogen-bond acceptors (Lipinski definition) is 3. The Balaban J connectivity index is 3.17.